The van der Waals surface area contributed by atoms with Crippen molar-refractivity contribution < 1.29 is 0 Å². The normalized spacial score (nSPS) is 11.4. The number of aromatic nitrogens is 5. The molecule has 5 heterocycles. The highest BCUT2D eigenvalue weighted by atomic mass is 14.9. The van der Waals surface area contributed by atoms with Crippen molar-refractivity contribution in [1.29, 1.82) is 0 Å². The lowest BCUT2D eigenvalue weighted by atomic mass is 9.95. The molecule has 248 valence electrons. The van der Waals surface area contributed by atoms with E-state index >= 15 is 0 Å². The third-order valence-electron chi connectivity index (χ3n) is 10.1. The average molecular weight is 678 g/mol. The summed E-state index contributed by atoms with van der Waals surface area (Å²) in [6.07, 6.45) is 9.32. The van der Waals surface area contributed by atoms with Crippen LogP contribution in [0.25, 0.3) is 94.5 Å². The van der Waals surface area contributed by atoms with Crippen LogP contribution in [-0.2, 0) is 0 Å². The van der Waals surface area contributed by atoms with Gasteiger partial charge in [0.15, 0.2) is 0 Å². The monoisotopic (exact) mass is 677 g/mol. The number of pyridine rings is 3. The summed E-state index contributed by atoms with van der Waals surface area (Å²) in [5.41, 5.74) is 17.3. The summed E-state index contributed by atoms with van der Waals surface area (Å²) in [6.45, 7) is 0. The molecule has 0 amide bonds. The minimum Gasteiger partial charge on any atom is -0.306 e. The molecule has 53 heavy (non-hydrogen) atoms. The summed E-state index contributed by atoms with van der Waals surface area (Å²) < 4.78 is 2.34. The van der Waals surface area contributed by atoms with E-state index in [1.807, 2.05) is 61.3 Å². The highest BCUT2D eigenvalue weighted by Crippen LogP contribution is 2.39. The number of para-hydroxylation sites is 3. The predicted octanol–water partition coefficient (Wildman–Crippen LogP) is 11.8. The van der Waals surface area contributed by atoms with E-state index in [4.69, 9.17) is 9.97 Å². The minimum absolute atomic E-state index is 0.915. The van der Waals surface area contributed by atoms with Gasteiger partial charge in [0.2, 0.25) is 0 Å². The fraction of sp³-hybridized carbons (Fsp3) is 0. The zero-order valence-corrected chi connectivity index (χ0v) is 28.6. The summed E-state index contributed by atoms with van der Waals surface area (Å²) in [4.78, 5) is 18.5. The first-order chi connectivity index (χ1) is 26.3. The van der Waals surface area contributed by atoms with Crippen LogP contribution in [0.1, 0.15) is 0 Å². The second-order valence-electron chi connectivity index (χ2n) is 13.2. The third kappa shape index (κ3) is 5.52. The lowest BCUT2D eigenvalue weighted by Gasteiger charge is -2.13. The van der Waals surface area contributed by atoms with Crippen LogP contribution in [0.2, 0.25) is 0 Å². The molecule has 0 spiro atoms. The van der Waals surface area contributed by atoms with Gasteiger partial charge < -0.3 is 4.40 Å². The molecular formula is C48H31N5. The molecule has 0 atom stereocenters. The van der Waals surface area contributed by atoms with E-state index in [2.05, 4.69) is 142 Å². The summed E-state index contributed by atoms with van der Waals surface area (Å²) in [5, 5.41) is 1.20. The van der Waals surface area contributed by atoms with Crippen molar-refractivity contribution in [2.45, 2.75) is 0 Å². The SMILES string of the molecule is c1cc(-c2cc(-c3ccc(-c4ccncc4)cc3)nc(-c3ccc(-c4ccncc4)cc3)c2)cc(-c2c3ccccc3n3c2cnc2ccccc23)c1. The molecule has 0 aliphatic heterocycles. The van der Waals surface area contributed by atoms with Crippen LogP contribution in [0.5, 0.6) is 0 Å². The molecule has 0 aliphatic rings. The smallest absolute Gasteiger partial charge is 0.0871 e. The molecule has 0 fully saturated rings. The van der Waals surface area contributed by atoms with Crippen molar-refractivity contribution >= 4 is 27.5 Å². The summed E-state index contributed by atoms with van der Waals surface area (Å²) in [7, 11) is 0. The van der Waals surface area contributed by atoms with Gasteiger partial charge in [-0.05, 0) is 99.6 Å². The van der Waals surface area contributed by atoms with Crippen molar-refractivity contribution in [2.24, 2.45) is 0 Å². The van der Waals surface area contributed by atoms with E-state index in [1.165, 1.54) is 16.5 Å². The van der Waals surface area contributed by atoms with E-state index in [0.29, 0.717) is 0 Å². The molecule has 5 aromatic heterocycles. The Balaban J connectivity index is 1.12. The van der Waals surface area contributed by atoms with E-state index in [1.54, 1.807) is 0 Å². The number of rotatable bonds is 6. The molecule has 5 heteroatoms. The number of fused-ring (bicyclic) bond motifs is 5. The Morgan fingerprint density at radius 1 is 0.358 bits per heavy atom. The predicted molar refractivity (Wildman–Crippen MR) is 216 cm³/mol. The first kappa shape index (κ1) is 30.6. The lowest BCUT2D eigenvalue weighted by Crippen LogP contribution is -1.92. The summed E-state index contributed by atoms with van der Waals surface area (Å²) in [5.74, 6) is 0. The van der Waals surface area contributed by atoms with Gasteiger partial charge in [0.05, 0.1) is 39.7 Å². The Morgan fingerprint density at radius 3 is 1.53 bits per heavy atom. The van der Waals surface area contributed by atoms with E-state index in [0.717, 1.165) is 78.0 Å². The Bertz CT molecular complexity index is 2810. The maximum atomic E-state index is 5.26. The summed E-state index contributed by atoms with van der Waals surface area (Å²) >= 11 is 0. The molecule has 0 saturated carbocycles. The molecule has 0 aliphatic carbocycles. The second-order valence-corrected chi connectivity index (χ2v) is 13.2. The van der Waals surface area contributed by atoms with Crippen LogP contribution < -0.4 is 0 Å². The van der Waals surface area contributed by atoms with Gasteiger partial charge in [0, 0.05) is 46.9 Å². The average Bonchev–Trinajstić information content (AvgIpc) is 3.59. The minimum atomic E-state index is 0.915. The van der Waals surface area contributed by atoms with E-state index in [9.17, 15) is 0 Å². The fourth-order valence-electron chi connectivity index (χ4n) is 7.44. The Kier molecular flexibility index (Phi) is 7.40. The van der Waals surface area contributed by atoms with Crippen LogP contribution in [0.4, 0.5) is 0 Å². The largest absolute Gasteiger partial charge is 0.306 e. The fourth-order valence-corrected chi connectivity index (χ4v) is 7.44. The number of hydrogen-bond acceptors (Lipinski definition) is 4. The van der Waals surface area contributed by atoms with Crippen molar-refractivity contribution in [3.63, 3.8) is 0 Å². The molecule has 0 bridgehead atoms. The maximum absolute atomic E-state index is 5.26. The molecule has 0 N–H and O–H groups in total. The Morgan fingerprint density at radius 2 is 0.887 bits per heavy atom. The molecule has 10 rings (SSSR count). The van der Waals surface area contributed by atoms with Crippen LogP contribution in [0.3, 0.4) is 0 Å². The highest BCUT2D eigenvalue weighted by Gasteiger charge is 2.17. The molecule has 10 aromatic rings. The van der Waals surface area contributed by atoms with Crippen LogP contribution in [-0.4, -0.2) is 24.3 Å². The molecule has 5 nitrogen and oxygen atoms in total. The van der Waals surface area contributed by atoms with Gasteiger partial charge in [-0.1, -0.05) is 97.1 Å². The van der Waals surface area contributed by atoms with Gasteiger partial charge in [-0.3, -0.25) is 15.0 Å². The number of benzene rings is 5. The van der Waals surface area contributed by atoms with Crippen LogP contribution >= 0.6 is 0 Å². The Hall–Kier alpha value is -7.24. The highest BCUT2D eigenvalue weighted by molar-refractivity contribution is 6.08. The quantitative estimate of drug-likeness (QED) is 0.176. The van der Waals surface area contributed by atoms with Crippen molar-refractivity contribution in [1.82, 2.24) is 24.3 Å². The molecule has 0 unspecified atom stereocenters. The second kappa shape index (κ2) is 12.8. The summed E-state index contributed by atoms with van der Waals surface area (Å²) in [6, 6.07) is 55.6. The third-order valence-corrected chi connectivity index (χ3v) is 10.1. The Labute approximate surface area is 306 Å². The van der Waals surface area contributed by atoms with Crippen molar-refractivity contribution in [2.75, 3.05) is 0 Å². The first-order valence-electron chi connectivity index (χ1n) is 17.7. The van der Waals surface area contributed by atoms with Gasteiger partial charge in [-0.25, -0.2) is 4.98 Å². The zero-order chi connectivity index (χ0) is 35.1. The maximum Gasteiger partial charge on any atom is 0.0871 e. The van der Waals surface area contributed by atoms with Crippen molar-refractivity contribution in [3.8, 4) is 67.0 Å². The number of hydrogen-bond donors (Lipinski definition) is 0. The molecule has 0 saturated heterocycles. The van der Waals surface area contributed by atoms with Crippen LogP contribution in [0.15, 0.2) is 189 Å². The topological polar surface area (TPSA) is 56.0 Å². The van der Waals surface area contributed by atoms with Gasteiger partial charge >= 0.3 is 0 Å². The zero-order valence-electron chi connectivity index (χ0n) is 28.6. The van der Waals surface area contributed by atoms with E-state index < -0.39 is 0 Å². The van der Waals surface area contributed by atoms with Crippen molar-refractivity contribution in [3.05, 3.63) is 189 Å². The molecule has 5 aromatic carbocycles. The standard InChI is InChI=1S/C48H31N5/c1-3-10-45-41(8-1)48(47-31-51-42-9-2-4-11-46(42)53(45)47)39-7-5-6-38(28-39)40-29-43(36-16-12-32(13-17-36)34-20-24-49-25-21-34)52-44(30-40)37-18-14-33(15-19-37)35-22-26-50-27-23-35/h1-31H. The van der Waals surface area contributed by atoms with Gasteiger partial charge in [-0.2, -0.15) is 0 Å². The number of nitrogens with zero attached hydrogens (tertiary/aromatic N) is 5. The first-order valence-corrected chi connectivity index (χ1v) is 17.7. The van der Waals surface area contributed by atoms with Gasteiger partial charge in [-0.15, -0.1) is 0 Å². The van der Waals surface area contributed by atoms with Crippen LogP contribution in [0, 0.1) is 0 Å². The lowest BCUT2D eigenvalue weighted by molar-refractivity contribution is 1.27. The molecule has 0 radical (unpaired) electrons. The van der Waals surface area contributed by atoms with E-state index in [-0.39, 0.29) is 0 Å². The van der Waals surface area contributed by atoms with Gasteiger partial charge in [0.25, 0.3) is 0 Å². The molecular weight excluding hydrogens is 647 g/mol. The van der Waals surface area contributed by atoms with Gasteiger partial charge in [0.1, 0.15) is 0 Å².